The Morgan fingerprint density at radius 1 is 0.351 bits per heavy atom. The first-order chi connectivity index (χ1) is 28.3. The van der Waals surface area contributed by atoms with Crippen molar-refractivity contribution in [3.63, 3.8) is 0 Å². The maximum absolute atomic E-state index is 6.97. The Labute approximate surface area is 330 Å². The van der Waals surface area contributed by atoms with Crippen molar-refractivity contribution in [1.29, 1.82) is 0 Å². The number of fused-ring (bicyclic) bond motifs is 6. The monoisotopic (exact) mass is 728 g/mol. The van der Waals surface area contributed by atoms with Crippen LogP contribution in [0.5, 0.6) is 0 Å². The smallest absolute Gasteiger partial charge is 0.145 e. The molecule has 0 radical (unpaired) electrons. The Hall–Kier alpha value is -7.62. The molecule has 0 saturated carbocycles. The van der Waals surface area contributed by atoms with Gasteiger partial charge in [-0.1, -0.05) is 158 Å². The SMILES string of the molecule is c1ccc(-c2ccc(N(c3ccc(-c4ccccc4)cc3)c3ccc4c(oc5ccccc54)c3-c3ccccc3-n3c4ccccc4c4ccccc43)cc2)cc1. The molecule has 3 nitrogen and oxygen atoms in total. The highest BCUT2D eigenvalue weighted by atomic mass is 16.3. The minimum absolute atomic E-state index is 0.855. The van der Waals surface area contributed by atoms with Gasteiger partial charge in [-0.05, 0) is 82.9 Å². The number of hydrogen-bond acceptors (Lipinski definition) is 2. The summed E-state index contributed by atoms with van der Waals surface area (Å²) in [5, 5.41) is 4.63. The lowest BCUT2D eigenvalue weighted by Gasteiger charge is -2.29. The van der Waals surface area contributed by atoms with Gasteiger partial charge in [0.1, 0.15) is 11.2 Å². The largest absolute Gasteiger partial charge is 0.455 e. The van der Waals surface area contributed by atoms with Crippen molar-refractivity contribution in [2.24, 2.45) is 0 Å². The number of aromatic nitrogens is 1. The van der Waals surface area contributed by atoms with Crippen LogP contribution in [0.4, 0.5) is 17.1 Å². The highest BCUT2D eigenvalue weighted by molar-refractivity contribution is 6.15. The molecular formula is C54H36N2O. The molecule has 0 aliphatic heterocycles. The first-order valence-corrected chi connectivity index (χ1v) is 19.4. The van der Waals surface area contributed by atoms with E-state index in [1.165, 1.54) is 33.0 Å². The molecule has 0 N–H and O–H groups in total. The van der Waals surface area contributed by atoms with Crippen LogP contribution in [0.15, 0.2) is 223 Å². The number of para-hydroxylation sites is 4. The van der Waals surface area contributed by atoms with Gasteiger partial charge in [0.05, 0.1) is 28.0 Å². The molecule has 0 fully saturated rings. The maximum Gasteiger partial charge on any atom is 0.145 e. The van der Waals surface area contributed by atoms with Crippen molar-refractivity contribution in [2.75, 3.05) is 4.90 Å². The number of benzene rings is 9. The summed E-state index contributed by atoms with van der Waals surface area (Å²) in [4.78, 5) is 2.38. The summed E-state index contributed by atoms with van der Waals surface area (Å²) in [5.41, 5.74) is 15.1. The average Bonchev–Trinajstić information content (AvgIpc) is 3.83. The highest BCUT2D eigenvalue weighted by Gasteiger charge is 2.25. The van der Waals surface area contributed by atoms with E-state index in [0.717, 1.165) is 66.8 Å². The average molecular weight is 729 g/mol. The molecule has 268 valence electrons. The fourth-order valence-corrected chi connectivity index (χ4v) is 8.58. The summed E-state index contributed by atoms with van der Waals surface area (Å²) in [6.45, 7) is 0. The molecule has 3 heteroatoms. The Morgan fingerprint density at radius 2 is 0.825 bits per heavy atom. The molecular weight excluding hydrogens is 693 g/mol. The van der Waals surface area contributed by atoms with Crippen LogP contribution in [-0.2, 0) is 0 Å². The first-order valence-electron chi connectivity index (χ1n) is 19.4. The van der Waals surface area contributed by atoms with E-state index in [4.69, 9.17) is 4.42 Å². The fraction of sp³-hybridized carbons (Fsp3) is 0. The van der Waals surface area contributed by atoms with Gasteiger partial charge in [-0.25, -0.2) is 0 Å². The second-order valence-electron chi connectivity index (χ2n) is 14.5. The van der Waals surface area contributed by atoms with Crippen LogP contribution in [0.2, 0.25) is 0 Å². The van der Waals surface area contributed by atoms with E-state index >= 15 is 0 Å². The van der Waals surface area contributed by atoms with Gasteiger partial charge in [0.2, 0.25) is 0 Å². The summed E-state index contributed by atoms with van der Waals surface area (Å²) in [5.74, 6) is 0. The van der Waals surface area contributed by atoms with E-state index in [9.17, 15) is 0 Å². The minimum Gasteiger partial charge on any atom is -0.455 e. The van der Waals surface area contributed by atoms with Crippen LogP contribution in [0.1, 0.15) is 0 Å². The van der Waals surface area contributed by atoms with E-state index in [2.05, 4.69) is 222 Å². The molecule has 0 aliphatic carbocycles. The molecule has 0 bridgehead atoms. The van der Waals surface area contributed by atoms with Crippen molar-refractivity contribution in [3.05, 3.63) is 218 Å². The predicted molar refractivity (Wildman–Crippen MR) is 239 cm³/mol. The van der Waals surface area contributed by atoms with Crippen LogP contribution in [0, 0.1) is 0 Å². The molecule has 2 aromatic heterocycles. The molecule has 0 saturated heterocycles. The third-order valence-electron chi connectivity index (χ3n) is 11.2. The highest BCUT2D eigenvalue weighted by Crippen LogP contribution is 2.49. The van der Waals surface area contributed by atoms with Crippen LogP contribution in [-0.4, -0.2) is 4.57 Å². The second-order valence-corrected chi connectivity index (χ2v) is 14.5. The van der Waals surface area contributed by atoms with E-state index < -0.39 is 0 Å². The molecule has 57 heavy (non-hydrogen) atoms. The summed E-state index contributed by atoms with van der Waals surface area (Å²) >= 11 is 0. The Kier molecular flexibility index (Phi) is 7.82. The molecule has 0 spiro atoms. The van der Waals surface area contributed by atoms with Gasteiger partial charge in [0, 0.05) is 38.5 Å². The summed E-state index contributed by atoms with van der Waals surface area (Å²) in [6.07, 6.45) is 0. The Morgan fingerprint density at radius 3 is 1.42 bits per heavy atom. The molecule has 11 aromatic rings. The summed E-state index contributed by atoms with van der Waals surface area (Å²) in [7, 11) is 0. The van der Waals surface area contributed by atoms with Gasteiger partial charge in [0.15, 0.2) is 0 Å². The lowest BCUT2D eigenvalue weighted by molar-refractivity contribution is 0.670. The van der Waals surface area contributed by atoms with Gasteiger partial charge in [-0.2, -0.15) is 0 Å². The standard InChI is InChI=1S/C54H36N2O/c1-3-15-37(16-4-1)39-27-31-41(32-28-39)55(42-33-29-40(30-34-42)38-17-5-2-6-18-38)51-36-35-46-45-21-10-14-26-52(45)57-54(46)53(51)47-22-9-13-25-50(47)56-48-23-11-7-19-43(48)44-20-8-12-24-49(44)56/h1-36H. The molecule has 2 heterocycles. The quantitative estimate of drug-likeness (QED) is 0.163. The first kappa shape index (κ1) is 32.8. The topological polar surface area (TPSA) is 21.3 Å². The molecule has 0 unspecified atom stereocenters. The Balaban J connectivity index is 1.20. The van der Waals surface area contributed by atoms with Gasteiger partial charge in [-0.15, -0.1) is 0 Å². The third kappa shape index (κ3) is 5.51. The van der Waals surface area contributed by atoms with E-state index in [1.807, 2.05) is 6.07 Å². The summed E-state index contributed by atoms with van der Waals surface area (Å²) in [6, 6.07) is 78.0. The molecule has 0 amide bonds. The normalized spacial score (nSPS) is 11.5. The lowest BCUT2D eigenvalue weighted by atomic mass is 9.96. The molecule has 0 aliphatic rings. The Bertz CT molecular complexity index is 3080. The number of rotatable bonds is 7. The van der Waals surface area contributed by atoms with Gasteiger partial charge in [-0.3, -0.25) is 0 Å². The van der Waals surface area contributed by atoms with Crippen LogP contribution >= 0.6 is 0 Å². The van der Waals surface area contributed by atoms with E-state index in [-0.39, 0.29) is 0 Å². The third-order valence-corrected chi connectivity index (χ3v) is 11.2. The van der Waals surface area contributed by atoms with Gasteiger partial charge >= 0.3 is 0 Å². The van der Waals surface area contributed by atoms with Crippen LogP contribution in [0.25, 0.3) is 82.8 Å². The number of anilines is 3. The zero-order valence-corrected chi connectivity index (χ0v) is 31.1. The van der Waals surface area contributed by atoms with Crippen LogP contribution < -0.4 is 4.90 Å². The van der Waals surface area contributed by atoms with Gasteiger partial charge in [0.25, 0.3) is 0 Å². The fourth-order valence-electron chi connectivity index (χ4n) is 8.58. The van der Waals surface area contributed by atoms with E-state index in [1.54, 1.807) is 0 Å². The lowest BCUT2D eigenvalue weighted by Crippen LogP contribution is -2.12. The molecule has 9 aromatic carbocycles. The minimum atomic E-state index is 0.855. The van der Waals surface area contributed by atoms with Crippen molar-refractivity contribution < 1.29 is 4.42 Å². The van der Waals surface area contributed by atoms with Crippen molar-refractivity contribution >= 4 is 60.8 Å². The maximum atomic E-state index is 6.97. The number of hydrogen-bond donors (Lipinski definition) is 0. The van der Waals surface area contributed by atoms with Crippen LogP contribution in [0.3, 0.4) is 0 Å². The number of furan rings is 1. The molecule has 11 rings (SSSR count). The predicted octanol–water partition coefficient (Wildman–Crippen LogP) is 15.2. The van der Waals surface area contributed by atoms with Crippen molar-refractivity contribution in [2.45, 2.75) is 0 Å². The zero-order chi connectivity index (χ0) is 37.7. The van der Waals surface area contributed by atoms with Crippen molar-refractivity contribution in [1.82, 2.24) is 4.57 Å². The zero-order valence-electron chi connectivity index (χ0n) is 31.1. The number of nitrogens with zero attached hydrogens (tertiary/aromatic N) is 2. The van der Waals surface area contributed by atoms with Gasteiger partial charge < -0.3 is 13.9 Å². The molecule has 0 atom stereocenters. The van der Waals surface area contributed by atoms with E-state index in [0.29, 0.717) is 0 Å². The second kappa shape index (κ2) is 13.6. The van der Waals surface area contributed by atoms with Crippen molar-refractivity contribution in [3.8, 4) is 39.1 Å². The summed E-state index contributed by atoms with van der Waals surface area (Å²) < 4.78 is 9.38.